The average Bonchev–Trinajstić information content (AvgIpc) is 2.67. The molecule has 0 fully saturated rings. The molecule has 0 radical (unpaired) electrons. The standard InChI is InChI=1S/C10H18N2S/c1-4-10(3,5-2)12-7-9-6-11-8-13-9/h6,8,12H,4-5,7H2,1-3H3. The first-order valence-corrected chi connectivity index (χ1v) is 5.70. The number of rotatable bonds is 5. The van der Waals surface area contributed by atoms with Crippen LogP contribution in [0.25, 0.3) is 0 Å². The van der Waals surface area contributed by atoms with E-state index in [0.717, 1.165) is 6.54 Å². The summed E-state index contributed by atoms with van der Waals surface area (Å²) in [5.41, 5.74) is 2.16. The topological polar surface area (TPSA) is 24.9 Å². The van der Waals surface area contributed by atoms with E-state index < -0.39 is 0 Å². The maximum Gasteiger partial charge on any atom is 0.0794 e. The molecule has 1 heterocycles. The van der Waals surface area contributed by atoms with Gasteiger partial charge in [0.15, 0.2) is 0 Å². The molecule has 3 heteroatoms. The van der Waals surface area contributed by atoms with E-state index in [4.69, 9.17) is 0 Å². The minimum Gasteiger partial charge on any atom is -0.307 e. The minimum atomic E-state index is 0.282. The summed E-state index contributed by atoms with van der Waals surface area (Å²) in [6.45, 7) is 7.67. The molecule has 0 saturated carbocycles. The lowest BCUT2D eigenvalue weighted by atomic mass is 9.96. The molecule has 0 aliphatic carbocycles. The second kappa shape index (κ2) is 4.72. The van der Waals surface area contributed by atoms with E-state index in [1.165, 1.54) is 17.7 Å². The summed E-state index contributed by atoms with van der Waals surface area (Å²) in [6.07, 6.45) is 4.27. The molecular formula is C10H18N2S. The number of thiazole rings is 1. The van der Waals surface area contributed by atoms with Crippen LogP contribution < -0.4 is 5.32 Å². The molecule has 1 N–H and O–H groups in total. The number of nitrogens with one attached hydrogen (secondary N) is 1. The second-order valence-electron chi connectivity index (χ2n) is 3.59. The first kappa shape index (κ1) is 10.7. The highest BCUT2D eigenvalue weighted by Crippen LogP contribution is 2.15. The number of aromatic nitrogens is 1. The maximum atomic E-state index is 4.05. The van der Waals surface area contributed by atoms with Crippen LogP contribution in [0.4, 0.5) is 0 Å². The molecular weight excluding hydrogens is 180 g/mol. The van der Waals surface area contributed by atoms with Crippen molar-refractivity contribution in [2.45, 2.75) is 45.7 Å². The smallest absolute Gasteiger partial charge is 0.0794 e. The zero-order valence-corrected chi connectivity index (χ0v) is 9.45. The molecule has 13 heavy (non-hydrogen) atoms. The summed E-state index contributed by atoms with van der Waals surface area (Å²) >= 11 is 1.71. The van der Waals surface area contributed by atoms with E-state index in [-0.39, 0.29) is 5.54 Å². The Hall–Kier alpha value is -0.410. The molecule has 0 spiro atoms. The second-order valence-corrected chi connectivity index (χ2v) is 4.56. The van der Waals surface area contributed by atoms with Crippen molar-refractivity contribution in [1.29, 1.82) is 0 Å². The van der Waals surface area contributed by atoms with Crippen molar-refractivity contribution >= 4 is 11.3 Å². The Balaban J connectivity index is 2.41. The largest absolute Gasteiger partial charge is 0.307 e. The quantitative estimate of drug-likeness (QED) is 0.787. The highest BCUT2D eigenvalue weighted by Gasteiger charge is 2.18. The molecule has 1 aromatic heterocycles. The van der Waals surface area contributed by atoms with Crippen LogP contribution in [0.3, 0.4) is 0 Å². The van der Waals surface area contributed by atoms with E-state index >= 15 is 0 Å². The number of hydrogen-bond donors (Lipinski definition) is 1. The van der Waals surface area contributed by atoms with Crippen LogP contribution in [0.2, 0.25) is 0 Å². The van der Waals surface area contributed by atoms with E-state index in [0.29, 0.717) is 0 Å². The highest BCUT2D eigenvalue weighted by molar-refractivity contribution is 7.09. The zero-order valence-electron chi connectivity index (χ0n) is 8.63. The van der Waals surface area contributed by atoms with Gasteiger partial charge in [-0.2, -0.15) is 0 Å². The summed E-state index contributed by atoms with van der Waals surface area (Å²) in [5, 5.41) is 3.57. The molecule has 0 saturated heterocycles. The molecule has 74 valence electrons. The molecule has 0 atom stereocenters. The monoisotopic (exact) mass is 198 g/mol. The Morgan fingerprint density at radius 1 is 1.46 bits per heavy atom. The molecule has 1 rings (SSSR count). The Kier molecular flexibility index (Phi) is 3.88. The Labute approximate surface area is 84.4 Å². The molecule has 2 nitrogen and oxygen atoms in total. The van der Waals surface area contributed by atoms with Gasteiger partial charge in [-0.25, -0.2) is 0 Å². The van der Waals surface area contributed by atoms with Crippen LogP contribution in [0, 0.1) is 0 Å². The van der Waals surface area contributed by atoms with Gasteiger partial charge in [-0.15, -0.1) is 11.3 Å². The summed E-state index contributed by atoms with van der Waals surface area (Å²) in [6, 6.07) is 0. The van der Waals surface area contributed by atoms with Crippen molar-refractivity contribution in [2.75, 3.05) is 0 Å². The Morgan fingerprint density at radius 3 is 2.62 bits per heavy atom. The molecule has 0 aliphatic rings. The van der Waals surface area contributed by atoms with Crippen LogP contribution >= 0.6 is 11.3 Å². The van der Waals surface area contributed by atoms with Crippen molar-refractivity contribution in [3.05, 3.63) is 16.6 Å². The lowest BCUT2D eigenvalue weighted by Crippen LogP contribution is -2.40. The number of hydrogen-bond acceptors (Lipinski definition) is 3. The fourth-order valence-electron chi connectivity index (χ4n) is 1.13. The zero-order chi connectivity index (χ0) is 9.73. The lowest BCUT2D eigenvalue weighted by molar-refractivity contribution is 0.330. The van der Waals surface area contributed by atoms with Gasteiger partial charge >= 0.3 is 0 Å². The predicted molar refractivity (Wildman–Crippen MR) is 57.9 cm³/mol. The molecule has 0 aliphatic heterocycles. The van der Waals surface area contributed by atoms with Crippen LogP contribution in [0.1, 0.15) is 38.5 Å². The fourth-order valence-corrected chi connectivity index (χ4v) is 1.66. The van der Waals surface area contributed by atoms with Gasteiger partial charge < -0.3 is 5.32 Å². The normalized spacial score (nSPS) is 11.9. The van der Waals surface area contributed by atoms with E-state index in [1.54, 1.807) is 11.3 Å². The lowest BCUT2D eigenvalue weighted by Gasteiger charge is -2.28. The predicted octanol–water partition coefficient (Wildman–Crippen LogP) is 2.81. The van der Waals surface area contributed by atoms with Crippen molar-refractivity contribution in [3.8, 4) is 0 Å². The fraction of sp³-hybridized carbons (Fsp3) is 0.700. The van der Waals surface area contributed by atoms with Gasteiger partial charge in [0.25, 0.3) is 0 Å². The van der Waals surface area contributed by atoms with Gasteiger partial charge in [0.05, 0.1) is 5.51 Å². The summed E-state index contributed by atoms with van der Waals surface area (Å²) in [5.74, 6) is 0. The van der Waals surface area contributed by atoms with Crippen LogP contribution in [-0.4, -0.2) is 10.5 Å². The third kappa shape index (κ3) is 3.08. The van der Waals surface area contributed by atoms with E-state index in [2.05, 4.69) is 31.1 Å². The van der Waals surface area contributed by atoms with Crippen LogP contribution in [-0.2, 0) is 6.54 Å². The van der Waals surface area contributed by atoms with E-state index in [1.807, 2.05) is 11.7 Å². The average molecular weight is 198 g/mol. The van der Waals surface area contributed by atoms with Crippen molar-refractivity contribution in [3.63, 3.8) is 0 Å². The molecule has 0 bridgehead atoms. The Morgan fingerprint density at radius 2 is 2.15 bits per heavy atom. The van der Waals surface area contributed by atoms with Gasteiger partial charge in [0, 0.05) is 23.2 Å². The van der Waals surface area contributed by atoms with Crippen LogP contribution in [0.5, 0.6) is 0 Å². The van der Waals surface area contributed by atoms with Gasteiger partial charge in [-0.05, 0) is 19.8 Å². The maximum absolute atomic E-state index is 4.05. The van der Waals surface area contributed by atoms with Gasteiger partial charge in [-0.1, -0.05) is 13.8 Å². The molecule has 1 aromatic rings. The van der Waals surface area contributed by atoms with Crippen molar-refractivity contribution in [1.82, 2.24) is 10.3 Å². The molecule has 0 amide bonds. The number of nitrogens with zero attached hydrogens (tertiary/aromatic N) is 1. The SMILES string of the molecule is CCC(C)(CC)NCc1cncs1. The van der Waals surface area contributed by atoms with E-state index in [9.17, 15) is 0 Å². The third-order valence-corrected chi connectivity index (χ3v) is 3.51. The Bertz CT molecular complexity index is 227. The first-order chi connectivity index (χ1) is 6.20. The summed E-state index contributed by atoms with van der Waals surface area (Å²) in [4.78, 5) is 5.37. The van der Waals surface area contributed by atoms with Crippen LogP contribution in [0.15, 0.2) is 11.7 Å². The van der Waals surface area contributed by atoms with Crippen molar-refractivity contribution in [2.24, 2.45) is 0 Å². The highest BCUT2D eigenvalue weighted by atomic mass is 32.1. The molecule has 0 aromatic carbocycles. The molecule has 0 unspecified atom stereocenters. The third-order valence-electron chi connectivity index (χ3n) is 2.73. The van der Waals surface area contributed by atoms with Crippen molar-refractivity contribution < 1.29 is 0 Å². The van der Waals surface area contributed by atoms with Gasteiger partial charge in [-0.3, -0.25) is 4.98 Å². The minimum absolute atomic E-state index is 0.282. The summed E-state index contributed by atoms with van der Waals surface area (Å²) < 4.78 is 0. The van der Waals surface area contributed by atoms with Gasteiger partial charge in [0.2, 0.25) is 0 Å². The first-order valence-electron chi connectivity index (χ1n) is 4.82. The van der Waals surface area contributed by atoms with Gasteiger partial charge in [0.1, 0.15) is 0 Å². The summed E-state index contributed by atoms with van der Waals surface area (Å²) in [7, 11) is 0.